The van der Waals surface area contributed by atoms with Crippen LogP contribution in [0.5, 0.6) is 0 Å². The summed E-state index contributed by atoms with van der Waals surface area (Å²) in [6.07, 6.45) is 0. The number of amides is 1. The van der Waals surface area contributed by atoms with E-state index in [-0.39, 0.29) is 17.9 Å². The molecule has 0 saturated carbocycles. The maximum Gasteiger partial charge on any atom is 0.251 e. The molecule has 0 aliphatic carbocycles. The van der Waals surface area contributed by atoms with E-state index in [0.717, 1.165) is 22.1 Å². The molecule has 1 atom stereocenters. The van der Waals surface area contributed by atoms with Crippen molar-refractivity contribution in [1.29, 1.82) is 0 Å². The van der Waals surface area contributed by atoms with Crippen molar-refractivity contribution in [1.82, 2.24) is 20.1 Å². The second-order valence-electron chi connectivity index (χ2n) is 7.69. The molecule has 3 rings (SSSR count). The summed E-state index contributed by atoms with van der Waals surface area (Å²) in [5, 5.41) is 13.9. The molecule has 1 aromatic heterocycles. The van der Waals surface area contributed by atoms with Crippen molar-refractivity contribution >= 4 is 40.9 Å². The SMILES string of the molecule is CCn1c(SCc2ccc(Cl)c(Cl)c2)nnc1[C@H](NC(=O)c1cccc(C)c1)C(C)C. The molecule has 1 N–H and O–H groups in total. The van der Waals surface area contributed by atoms with E-state index >= 15 is 0 Å². The fourth-order valence-electron chi connectivity index (χ4n) is 3.25. The van der Waals surface area contributed by atoms with Crippen LogP contribution in [0.2, 0.25) is 10.0 Å². The number of hydrogen-bond acceptors (Lipinski definition) is 4. The molecule has 0 fully saturated rings. The van der Waals surface area contributed by atoms with E-state index in [2.05, 4.69) is 40.9 Å². The van der Waals surface area contributed by atoms with Crippen molar-refractivity contribution in [2.75, 3.05) is 0 Å². The number of hydrogen-bond donors (Lipinski definition) is 1. The Morgan fingerprint density at radius 3 is 2.55 bits per heavy atom. The van der Waals surface area contributed by atoms with Gasteiger partial charge in [-0.15, -0.1) is 10.2 Å². The summed E-state index contributed by atoms with van der Waals surface area (Å²) in [7, 11) is 0. The second-order valence-corrected chi connectivity index (χ2v) is 9.44. The number of thioether (sulfide) groups is 1. The number of aromatic nitrogens is 3. The number of nitrogens with one attached hydrogen (secondary N) is 1. The third-order valence-corrected chi connectivity index (χ3v) is 6.70. The van der Waals surface area contributed by atoms with Gasteiger partial charge in [-0.2, -0.15) is 0 Å². The maximum absolute atomic E-state index is 12.9. The molecule has 0 bridgehead atoms. The van der Waals surface area contributed by atoms with Crippen molar-refractivity contribution in [2.24, 2.45) is 5.92 Å². The van der Waals surface area contributed by atoms with Gasteiger partial charge >= 0.3 is 0 Å². The Bertz CT molecular complexity index is 1070. The van der Waals surface area contributed by atoms with E-state index in [1.807, 2.05) is 43.3 Å². The summed E-state index contributed by atoms with van der Waals surface area (Å²) in [6.45, 7) is 8.87. The molecule has 1 heterocycles. The van der Waals surface area contributed by atoms with Crippen LogP contribution in [0.15, 0.2) is 47.6 Å². The van der Waals surface area contributed by atoms with Crippen molar-refractivity contribution < 1.29 is 4.79 Å². The lowest BCUT2D eigenvalue weighted by Gasteiger charge is -2.22. The lowest BCUT2D eigenvalue weighted by molar-refractivity contribution is 0.0921. The minimum Gasteiger partial charge on any atom is -0.342 e. The summed E-state index contributed by atoms with van der Waals surface area (Å²) in [6, 6.07) is 12.9. The number of carbonyl (C=O) groups excluding carboxylic acids is 1. The van der Waals surface area contributed by atoms with Crippen molar-refractivity contribution in [2.45, 2.75) is 51.2 Å². The van der Waals surface area contributed by atoms with Crippen molar-refractivity contribution in [3.05, 3.63) is 75.0 Å². The summed E-state index contributed by atoms with van der Waals surface area (Å²) < 4.78 is 2.06. The largest absolute Gasteiger partial charge is 0.342 e. The van der Waals surface area contributed by atoms with Crippen LogP contribution in [0.1, 0.15) is 54.1 Å². The van der Waals surface area contributed by atoms with E-state index < -0.39 is 0 Å². The summed E-state index contributed by atoms with van der Waals surface area (Å²) in [4.78, 5) is 12.9. The maximum atomic E-state index is 12.9. The topological polar surface area (TPSA) is 59.8 Å². The predicted molar refractivity (Wildman–Crippen MR) is 128 cm³/mol. The number of halogens is 2. The Hall–Kier alpha value is -2.02. The van der Waals surface area contributed by atoms with Gasteiger partial charge in [-0.1, -0.05) is 72.6 Å². The van der Waals surface area contributed by atoms with Crippen LogP contribution < -0.4 is 5.32 Å². The Balaban J connectivity index is 1.80. The highest BCUT2D eigenvalue weighted by Gasteiger charge is 2.26. The molecule has 0 unspecified atom stereocenters. The van der Waals surface area contributed by atoms with Crippen LogP contribution in [0.4, 0.5) is 0 Å². The van der Waals surface area contributed by atoms with Gasteiger partial charge in [0.05, 0.1) is 16.1 Å². The molecule has 3 aromatic rings. The Kier molecular flexibility index (Phi) is 8.03. The van der Waals surface area contributed by atoms with Gasteiger partial charge in [-0.05, 0) is 49.6 Å². The lowest BCUT2D eigenvalue weighted by Crippen LogP contribution is -2.33. The van der Waals surface area contributed by atoms with Crippen LogP contribution in [-0.4, -0.2) is 20.7 Å². The third-order valence-electron chi connectivity index (χ3n) is 4.93. The van der Waals surface area contributed by atoms with Crippen LogP contribution >= 0.6 is 35.0 Å². The zero-order valence-electron chi connectivity index (χ0n) is 18.0. The summed E-state index contributed by atoms with van der Waals surface area (Å²) >= 11 is 13.7. The first-order chi connectivity index (χ1) is 14.8. The summed E-state index contributed by atoms with van der Waals surface area (Å²) in [5.74, 6) is 1.49. The monoisotopic (exact) mass is 476 g/mol. The zero-order valence-corrected chi connectivity index (χ0v) is 20.4. The van der Waals surface area contributed by atoms with Crippen LogP contribution in [0.3, 0.4) is 0 Å². The van der Waals surface area contributed by atoms with E-state index in [0.29, 0.717) is 27.9 Å². The van der Waals surface area contributed by atoms with Crippen LogP contribution in [0, 0.1) is 12.8 Å². The van der Waals surface area contributed by atoms with Gasteiger partial charge in [0, 0.05) is 17.9 Å². The summed E-state index contributed by atoms with van der Waals surface area (Å²) in [5.41, 5.74) is 2.74. The van der Waals surface area contributed by atoms with Crippen molar-refractivity contribution in [3.63, 3.8) is 0 Å². The minimum absolute atomic E-state index is 0.113. The van der Waals surface area contributed by atoms with Gasteiger partial charge < -0.3 is 9.88 Å². The molecule has 1 amide bonds. The predicted octanol–water partition coefficient (Wildman–Crippen LogP) is 6.33. The second kappa shape index (κ2) is 10.5. The molecular weight excluding hydrogens is 451 g/mol. The van der Waals surface area contributed by atoms with Gasteiger partial charge in [0.2, 0.25) is 0 Å². The fourth-order valence-corrected chi connectivity index (χ4v) is 4.52. The van der Waals surface area contributed by atoms with Crippen LogP contribution in [0.25, 0.3) is 0 Å². The molecule has 0 aliphatic rings. The first kappa shape index (κ1) is 23.6. The molecule has 0 saturated heterocycles. The number of nitrogens with zero attached hydrogens (tertiary/aromatic N) is 3. The molecule has 0 radical (unpaired) electrons. The first-order valence-corrected chi connectivity index (χ1v) is 11.9. The Labute approximate surface area is 197 Å². The van der Waals surface area contributed by atoms with E-state index in [4.69, 9.17) is 23.2 Å². The molecule has 31 heavy (non-hydrogen) atoms. The third kappa shape index (κ3) is 5.82. The zero-order chi connectivity index (χ0) is 22.5. The van der Waals surface area contributed by atoms with Crippen molar-refractivity contribution in [3.8, 4) is 0 Å². The first-order valence-electron chi connectivity index (χ1n) is 10.2. The van der Waals surface area contributed by atoms with Gasteiger partial charge in [-0.3, -0.25) is 4.79 Å². The average Bonchev–Trinajstić information content (AvgIpc) is 3.14. The normalized spacial score (nSPS) is 12.2. The average molecular weight is 477 g/mol. The highest BCUT2D eigenvalue weighted by molar-refractivity contribution is 7.98. The number of carbonyl (C=O) groups is 1. The molecule has 2 aromatic carbocycles. The molecule has 0 aliphatic heterocycles. The molecule has 164 valence electrons. The van der Waals surface area contributed by atoms with E-state index in [9.17, 15) is 4.79 Å². The van der Waals surface area contributed by atoms with Gasteiger partial charge in [0.15, 0.2) is 11.0 Å². The quantitative estimate of drug-likeness (QED) is 0.385. The van der Waals surface area contributed by atoms with E-state index in [1.54, 1.807) is 17.8 Å². The van der Waals surface area contributed by atoms with Crippen LogP contribution in [-0.2, 0) is 12.3 Å². The van der Waals surface area contributed by atoms with Gasteiger partial charge in [-0.25, -0.2) is 0 Å². The fraction of sp³-hybridized carbons (Fsp3) is 0.348. The van der Waals surface area contributed by atoms with Gasteiger partial charge in [0.1, 0.15) is 0 Å². The molecule has 5 nitrogen and oxygen atoms in total. The van der Waals surface area contributed by atoms with Gasteiger partial charge in [0.25, 0.3) is 5.91 Å². The van der Waals surface area contributed by atoms with E-state index in [1.165, 1.54) is 0 Å². The molecular formula is C23H26Cl2N4OS. The lowest BCUT2D eigenvalue weighted by atomic mass is 10.0. The Morgan fingerprint density at radius 1 is 1.13 bits per heavy atom. The standard InChI is InChI=1S/C23H26Cl2N4OS/c1-5-29-21(20(14(2)3)26-22(30)17-8-6-7-15(4)11-17)27-28-23(29)31-13-16-9-10-18(24)19(25)12-16/h6-12,14,20H,5,13H2,1-4H3,(H,26,30)/t20-/m1/s1. The smallest absolute Gasteiger partial charge is 0.251 e. The number of aryl methyl sites for hydroxylation is 1. The number of rotatable bonds is 8. The highest BCUT2D eigenvalue weighted by atomic mass is 35.5. The highest BCUT2D eigenvalue weighted by Crippen LogP contribution is 2.29. The molecule has 8 heteroatoms. The number of benzene rings is 2. The molecule has 0 spiro atoms. The Morgan fingerprint density at radius 2 is 1.90 bits per heavy atom. The minimum atomic E-state index is -0.250.